The van der Waals surface area contributed by atoms with Gasteiger partial charge in [-0.05, 0) is 39.3 Å². The van der Waals surface area contributed by atoms with Crippen LogP contribution >= 0.6 is 11.6 Å². The standard InChI is InChI=1S/C10H16ClN3/c1-7-9(11)6-14(13-7)10-4-3-8(10)5-12-2/h6,8,10,12H,3-5H2,1-2H3. The molecule has 0 amide bonds. The molecule has 1 aromatic heterocycles. The van der Waals surface area contributed by atoms with Crippen LogP contribution in [0.4, 0.5) is 0 Å². The van der Waals surface area contributed by atoms with Gasteiger partial charge in [-0.15, -0.1) is 0 Å². The largest absolute Gasteiger partial charge is 0.319 e. The smallest absolute Gasteiger partial charge is 0.0815 e. The summed E-state index contributed by atoms with van der Waals surface area (Å²) in [4.78, 5) is 0. The molecule has 1 N–H and O–H groups in total. The van der Waals surface area contributed by atoms with E-state index in [1.165, 1.54) is 12.8 Å². The maximum absolute atomic E-state index is 5.98. The number of nitrogens with one attached hydrogen (secondary N) is 1. The zero-order chi connectivity index (χ0) is 10.1. The molecule has 14 heavy (non-hydrogen) atoms. The molecule has 4 heteroatoms. The molecule has 1 fully saturated rings. The molecule has 2 unspecified atom stereocenters. The van der Waals surface area contributed by atoms with Gasteiger partial charge in [-0.2, -0.15) is 5.10 Å². The van der Waals surface area contributed by atoms with Crippen LogP contribution in [0, 0.1) is 12.8 Å². The third-order valence-electron chi connectivity index (χ3n) is 3.04. The van der Waals surface area contributed by atoms with E-state index in [0.29, 0.717) is 6.04 Å². The molecule has 1 saturated carbocycles. The minimum atomic E-state index is 0.550. The number of hydrogen-bond acceptors (Lipinski definition) is 2. The van der Waals surface area contributed by atoms with Crippen molar-refractivity contribution < 1.29 is 0 Å². The topological polar surface area (TPSA) is 29.9 Å². The van der Waals surface area contributed by atoms with Gasteiger partial charge in [0.15, 0.2) is 0 Å². The van der Waals surface area contributed by atoms with E-state index < -0.39 is 0 Å². The van der Waals surface area contributed by atoms with Gasteiger partial charge in [-0.1, -0.05) is 11.6 Å². The Balaban J connectivity index is 2.08. The van der Waals surface area contributed by atoms with Crippen molar-refractivity contribution >= 4 is 11.6 Å². The molecule has 0 saturated heterocycles. The quantitative estimate of drug-likeness (QED) is 0.833. The number of nitrogens with zero attached hydrogens (tertiary/aromatic N) is 2. The third-order valence-corrected chi connectivity index (χ3v) is 3.41. The van der Waals surface area contributed by atoms with E-state index in [1.807, 2.05) is 24.9 Å². The van der Waals surface area contributed by atoms with E-state index >= 15 is 0 Å². The van der Waals surface area contributed by atoms with Crippen LogP contribution in [0.1, 0.15) is 24.6 Å². The van der Waals surface area contributed by atoms with E-state index in [2.05, 4.69) is 10.4 Å². The molecule has 0 aliphatic heterocycles. The summed E-state index contributed by atoms with van der Waals surface area (Å²) in [7, 11) is 2.00. The van der Waals surface area contributed by atoms with Gasteiger partial charge in [0, 0.05) is 6.20 Å². The fourth-order valence-electron chi connectivity index (χ4n) is 2.03. The predicted molar refractivity (Wildman–Crippen MR) is 57.7 cm³/mol. The van der Waals surface area contributed by atoms with Crippen molar-refractivity contribution in [2.45, 2.75) is 25.8 Å². The van der Waals surface area contributed by atoms with Crippen molar-refractivity contribution in [1.82, 2.24) is 15.1 Å². The van der Waals surface area contributed by atoms with Crippen LogP contribution in [-0.2, 0) is 0 Å². The Morgan fingerprint density at radius 2 is 2.43 bits per heavy atom. The number of rotatable bonds is 3. The maximum atomic E-state index is 5.98. The van der Waals surface area contributed by atoms with E-state index in [-0.39, 0.29) is 0 Å². The van der Waals surface area contributed by atoms with Gasteiger partial charge in [0.1, 0.15) is 0 Å². The minimum absolute atomic E-state index is 0.550. The lowest BCUT2D eigenvalue weighted by atomic mass is 9.79. The Bertz CT molecular complexity index is 302. The SMILES string of the molecule is CNCC1CCC1n1cc(Cl)c(C)n1. The zero-order valence-corrected chi connectivity index (χ0v) is 9.38. The first-order chi connectivity index (χ1) is 6.72. The predicted octanol–water partition coefficient (Wildman–Crippen LogP) is 2.02. The van der Waals surface area contributed by atoms with Gasteiger partial charge in [-0.3, -0.25) is 4.68 Å². The Morgan fingerprint density at radius 1 is 1.64 bits per heavy atom. The van der Waals surface area contributed by atoms with Gasteiger partial charge in [0.2, 0.25) is 0 Å². The first-order valence-corrected chi connectivity index (χ1v) is 5.46. The molecule has 0 bridgehead atoms. The Kier molecular flexibility index (Phi) is 2.79. The van der Waals surface area contributed by atoms with Gasteiger partial charge < -0.3 is 5.32 Å². The molecule has 1 aliphatic carbocycles. The molecule has 1 aromatic rings. The third kappa shape index (κ3) is 1.66. The number of hydrogen-bond donors (Lipinski definition) is 1. The highest BCUT2D eigenvalue weighted by atomic mass is 35.5. The van der Waals surface area contributed by atoms with Crippen molar-refractivity contribution in [2.24, 2.45) is 5.92 Å². The van der Waals surface area contributed by atoms with Crippen molar-refractivity contribution in [1.29, 1.82) is 0 Å². The summed E-state index contributed by atoms with van der Waals surface area (Å²) >= 11 is 5.98. The van der Waals surface area contributed by atoms with Crippen LogP contribution in [0.3, 0.4) is 0 Å². The molecular weight excluding hydrogens is 198 g/mol. The van der Waals surface area contributed by atoms with Gasteiger partial charge in [-0.25, -0.2) is 0 Å². The molecule has 3 nitrogen and oxygen atoms in total. The summed E-state index contributed by atoms with van der Waals surface area (Å²) < 4.78 is 2.03. The Hall–Kier alpha value is -0.540. The second kappa shape index (κ2) is 3.91. The highest BCUT2D eigenvalue weighted by Gasteiger charge is 2.32. The van der Waals surface area contributed by atoms with Gasteiger partial charge in [0.05, 0.1) is 16.8 Å². The second-order valence-corrected chi connectivity index (χ2v) is 4.41. The molecule has 0 aromatic carbocycles. The molecular formula is C10H16ClN3. The maximum Gasteiger partial charge on any atom is 0.0815 e. The summed E-state index contributed by atoms with van der Waals surface area (Å²) in [6, 6.07) is 0.550. The zero-order valence-electron chi connectivity index (χ0n) is 8.63. The second-order valence-electron chi connectivity index (χ2n) is 4.00. The van der Waals surface area contributed by atoms with Crippen molar-refractivity contribution in [2.75, 3.05) is 13.6 Å². The first-order valence-electron chi connectivity index (χ1n) is 5.08. The molecule has 0 spiro atoms. The number of aryl methyl sites for hydroxylation is 1. The van der Waals surface area contributed by atoms with Crippen LogP contribution in [0.25, 0.3) is 0 Å². The minimum Gasteiger partial charge on any atom is -0.319 e. The Labute approximate surface area is 89.4 Å². The molecule has 78 valence electrons. The first kappa shape index (κ1) is 9.99. The van der Waals surface area contributed by atoms with Gasteiger partial charge in [0.25, 0.3) is 0 Å². The van der Waals surface area contributed by atoms with E-state index in [0.717, 1.165) is 23.2 Å². The number of halogens is 1. The Morgan fingerprint density at radius 3 is 2.86 bits per heavy atom. The molecule has 2 rings (SSSR count). The fraction of sp³-hybridized carbons (Fsp3) is 0.700. The highest BCUT2D eigenvalue weighted by Crippen LogP contribution is 2.38. The fourth-order valence-corrected chi connectivity index (χ4v) is 2.17. The molecule has 2 atom stereocenters. The summed E-state index contributed by atoms with van der Waals surface area (Å²) in [6.07, 6.45) is 4.47. The lowest BCUT2D eigenvalue weighted by Gasteiger charge is -2.36. The van der Waals surface area contributed by atoms with E-state index in [1.54, 1.807) is 0 Å². The monoisotopic (exact) mass is 213 g/mol. The summed E-state index contributed by atoms with van der Waals surface area (Å²) in [5.41, 5.74) is 0.932. The van der Waals surface area contributed by atoms with Crippen LogP contribution in [-0.4, -0.2) is 23.4 Å². The van der Waals surface area contributed by atoms with Gasteiger partial charge >= 0.3 is 0 Å². The molecule has 0 radical (unpaired) electrons. The molecule has 1 aliphatic rings. The van der Waals surface area contributed by atoms with E-state index in [4.69, 9.17) is 11.6 Å². The lowest BCUT2D eigenvalue weighted by Crippen LogP contribution is -2.36. The molecule has 1 heterocycles. The average molecular weight is 214 g/mol. The highest BCUT2D eigenvalue weighted by molar-refractivity contribution is 6.31. The van der Waals surface area contributed by atoms with Crippen LogP contribution in [0.15, 0.2) is 6.20 Å². The summed E-state index contributed by atoms with van der Waals surface area (Å²) in [6.45, 7) is 3.02. The summed E-state index contributed by atoms with van der Waals surface area (Å²) in [5.74, 6) is 0.718. The average Bonchev–Trinajstić information content (AvgIpc) is 2.40. The van der Waals surface area contributed by atoms with Crippen LogP contribution < -0.4 is 5.32 Å². The normalized spacial score (nSPS) is 26.2. The number of aromatic nitrogens is 2. The lowest BCUT2D eigenvalue weighted by molar-refractivity contribution is 0.165. The van der Waals surface area contributed by atoms with Crippen molar-refractivity contribution in [3.05, 3.63) is 16.9 Å². The van der Waals surface area contributed by atoms with Crippen LogP contribution in [0.5, 0.6) is 0 Å². The summed E-state index contributed by atoms with van der Waals surface area (Å²) in [5, 5.41) is 8.42. The van der Waals surface area contributed by atoms with E-state index in [9.17, 15) is 0 Å². The van der Waals surface area contributed by atoms with Crippen molar-refractivity contribution in [3.63, 3.8) is 0 Å². The van der Waals surface area contributed by atoms with Crippen molar-refractivity contribution in [3.8, 4) is 0 Å². The van der Waals surface area contributed by atoms with Crippen LogP contribution in [0.2, 0.25) is 5.02 Å².